The number of hydrogen-bond acceptors (Lipinski definition) is 10. The van der Waals surface area contributed by atoms with Crippen LogP contribution < -0.4 is 10.1 Å². The molecule has 0 aliphatic rings. The molecule has 11 nitrogen and oxygen atoms in total. The van der Waals surface area contributed by atoms with Gasteiger partial charge < -0.3 is 29.1 Å². The fraction of sp³-hybridized carbons (Fsp3) is 0.360. The Labute approximate surface area is 218 Å². The third-order valence-corrected chi connectivity index (χ3v) is 6.12. The molecule has 3 rings (SSSR count). The summed E-state index contributed by atoms with van der Waals surface area (Å²) in [5, 5.41) is 21.2. The first kappa shape index (κ1) is 28.3. The van der Waals surface area contributed by atoms with Gasteiger partial charge in [-0.15, -0.1) is 11.3 Å². The van der Waals surface area contributed by atoms with E-state index in [0.29, 0.717) is 13.0 Å². The van der Waals surface area contributed by atoms with Crippen molar-refractivity contribution in [2.75, 3.05) is 33.4 Å². The summed E-state index contributed by atoms with van der Waals surface area (Å²) >= 11 is 1.58. The number of thiophene rings is 1. The molecule has 0 aliphatic carbocycles. The Bertz CT molecular complexity index is 1120. The number of carbonyl (C=O) groups is 2. The van der Waals surface area contributed by atoms with Crippen molar-refractivity contribution in [2.45, 2.75) is 25.7 Å². The van der Waals surface area contributed by atoms with Gasteiger partial charge in [0.15, 0.2) is 0 Å². The Morgan fingerprint density at radius 2 is 1.86 bits per heavy atom. The minimum Gasteiger partial charge on any atom is -0.566 e. The second-order valence-corrected chi connectivity index (χ2v) is 8.90. The lowest BCUT2D eigenvalue weighted by atomic mass is 10.1. The molecular formula is C25H30N2O9S. The van der Waals surface area contributed by atoms with E-state index in [-0.39, 0.29) is 19.3 Å². The number of benzene rings is 2. The lowest BCUT2D eigenvalue weighted by molar-refractivity contribution is -1.21. The number of nitrogens with zero attached hydrogens (tertiary/aromatic N) is 1. The van der Waals surface area contributed by atoms with Crippen molar-refractivity contribution in [3.63, 3.8) is 0 Å². The number of quaternary nitrogens is 1. The van der Waals surface area contributed by atoms with E-state index >= 15 is 0 Å². The standard InChI is InChI=1S/C25H30N2O9S/c1-18(34-24(28)17-32-14-15-33-27(30)31)35-25(29)26(2)13-12-22(23-11-6-16-37-23)36-21-10-5-8-19-7-3-4-9-20(19)21/h3-11,16,18,22,27,30H,12-15,17H2,1-2H3/t18?,22-/m0/s1. The molecule has 0 spiro atoms. The van der Waals surface area contributed by atoms with E-state index < -0.39 is 30.3 Å². The lowest BCUT2D eigenvalue weighted by Crippen LogP contribution is -3.03. The van der Waals surface area contributed by atoms with Crippen molar-refractivity contribution in [1.82, 2.24) is 4.90 Å². The number of hydrogen-bond donors (Lipinski definition) is 2. The van der Waals surface area contributed by atoms with Crippen molar-refractivity contribution in [3.8, 4) is 5.75 Å². The van der Waals surface area contributed by atoms with Crippen LogP contribution in [0.5, 0.6) is 5.75 Å². The van der Waals surface area contributed by atoms with Crippen LogP contribution in [0.2, 0.25) is 0 Å². The molecular weight excluding hydrogens is 504 g/mol. The molecule has 200 valence electrons. The molecule has 0 saturated heterocycles. The van der Waals surface area contributed by atoms with Crippen LogP contribution in [-0.2, 0) is 23.8 Å². The maximum atomic E-state index is 12.5. The van der Waals surface area contributed by atoms with Gasteiger partial charge in [0.25, 0.3) is 0 Å². The number of esters is 1. The maximum absolute atomic E-state index is 12.5. The summed E-state index contributed by atoms with van der Waals surface area (Å²) in [6.07, 6.45) is -1.57. The highest BCUT2D eigenvalue weighted by Crippen LogP contribution is 2.32. The quantitative estimate of drug-likeness (QED) is 0.139. The molecule has 1 aromatic heterocycles. The van der Waals surface area contributed by atoms with Gasteiger partial charge in [-0.25, -0.2) is 9.59 Å². The van der Waals surface area contributed by atoms with Gasteiger partial charge in [0.05, 0.1) is 6.61 Å². The van der Waals surface area contributed by atoms with Crippen molar-refractivity contribution in [2.24, 2.45) is 0 Å². The topological polar surface area (TPSA) is 131 Å². The first-order valence-corrected chi connectivity index (χ1v) is 12.4. The maximum Gasteiger partial charge on any atom is 0.412 e. The molecule has 1 heterocycles. The van der Waals surface area contributed by atoms with Crippen molar-refractivity contribution in [3.05, 3.63) is 70.1 Å². The summed E-state index contributed by atoms with van der Waals surface area (Å²) in [6.45, 7) is 0.989. The Hall–Kier alpha value is -3.26. The summed E-state index contributed by atoms with van der Waals surface area (Å²) in [6, 6.07) is 17.8. The molecule has 2 unspecified atom stereocenters. The summed E-state index contributed by atoms with van der Waals surface area (Å²) in [4.78, 5) is 31.0. The average molecular weight is 535 g/mol. The predicted octanol–water partition coefficient (Wildman–Crippen LogP) is 3.09. The first-order chi connectivity index (χ1) is 17.8. The van der Waals surface area contributed by atoms with E-state index in [2.05, 4.69) is 4.84 Å². The van der Waals surface area contributed by atoms with E-state index in [9.17, 15) is 14.8 Å². The molecule has 3 atom stereocenters. The van der Waals surface area contributed by atoms with Crippen LogP contribution in [0.15, 0.2) is 60.0 Å². The molecule has 2 N–H and O–H groups in total. The molecule has 12 heteroatoms. The highest BCUT2D eigenvalue weighted by molar-refractivity contribution is 7.10. The summed E-state index contributed by atoms with van der Waals surface area (Å²) in [5.74, 6) is -0.00136. The van der Waals surface area contributed by atoms with E-state index in [1.54, 1.807) is 18.4 Å². The number of rotatable bonds is 14. The summed E-state index contributed by atoms with van der Waals surface area (Å²) in [5.41, 5.74) is 0. The van der Waals surface area contributed by atoms with Gasteiger partial charge in [0.1, 0.15) is 25.1 Å². The normalized spacial score (nSPS) is 13.5. The van der Waals surface area contributed by atoms with Gasteiger partial charge in [-0.3, -0.25) is 0 Å². The number of carbonyl (C=O) groups excluding carboxylic acids is 2. The summed E-state index contributed by atoms with van der Waals surface area (Å²) in [7, 11) is 1.59. The summed E-state index contributed by atoms with van der Waals surface area (Å²) < 4.78 is 21.5. The Morgan fingerprint density at radius 1 is 1.08 bits per heavy atom. The minimum atomic E-state index is -1.43. The molecule has 1 amide bonds. The van der Waals surface area contributed by atoms with Gasteiger partial charge >= 0.3 is 12.1 Å². The Morgan fingerprint density at radius 3 is 2.62 bits per heavy atom. The SMILES string of the molecule is CC(OC(=O)COCCO[NH+]([O-])O)OC(=O)N(C)CC[C@H](Oc1cccc2ccccc12)c1cccs1. The van der Waals surface area contributed by atoms with Crippen LogP contribution in [-0.4, -0.2) is 61.9 Å². The van der Waals surface area contributed by atoms with Gasteiger partial charge in [-0.1, -0.05) is 47.9 Å². The van der Waals surface area contributed by atoms with Gasteiger partial charge in [-0.2, -0.15) is 10.0 Å². The fourth-order valence-electron chi connectivity index (χ4n) is 3.41. The van der Waals surface area contributed by atoms with Crippen molar-refractivity contribution >= 4 is 34.2 Å². The largest absolute Gasteiger partial charge is 0.566 e. The highest BCUT2D eigenvalue weighted by atomic mass is 32.1. The van der Waals surface area contributed by atoms with E-state index in [1.807, 2.05) is 60.0 Å². The van der Waals surface area contributed by atoms with Crippen molar-refractivity contribution < 1.29 is 44.0 Å². The zero-order valence-corrected chi connectivity index (χ0v) is 21.3. The van der Waals surface area contributed by atoms with Gasteiger partial charge in [0.2, 0.25) is 6.29 Å². The third-order valence-electron chi connectivity index (χ3n) is 5.16. The second-order valence-electron chi connectivity index (χ2n) is 7.92. The fourth-order valence-corrected chi connectivity index (χ4v) is 4.20. The van der Waals surface area contributed by atoms with E-state index in [1.165, 1.54) is 11.8 Å². The van der Waals surface area contributed by atoms with Crippen LogP contribution in [0.1, 0.15) is 24.3 Å². The smallest absolute Gasteiger partial charge is 0.412 e. The van der Waals surface area contributed by atoms with Gasteiger partial charge in [-0.05, 0) is 22.9 Å². The molecule has 0 bridgehead atoms. The average Bonchev–Trinajstić information content (AvgIpc) is 3.40. The molecule has 37 heavy (non-hydrogen) atoms. The molecule has 0 radical (unpaired) electrons. The lowest BCUT2D eigenvalue weighted by Gasteiger charge is -2.24. The first-order valence-electron chi connectivity index (χ1n) is 11.6. The monoisotopic (exact) mass is 534 g/mol. The highest BCUT2D eigenvalue weighted by Gasteiger charge is 2.21. The number of ether oxygens (including phenoxy) is 4. The molecule has 0 saturated carbocycles. The van der Waals surface area contributed by atoms with E-state index in [0.717, 1.165) is 21.4 Å². The Kier molecular flexibility index (Phi) is 11.1. The number of nitrogens with one attached hydrogen (secondary N) is 1. The van der Waals surface area contributed by atoms with Crippen LogP contribution in [0.4, 0.5) is 4.79 Å². The van der Waals surface area contributed by atoms with Crippen LogP contribution in [0.3, 0.4) is 0 Å². The number of amides is 1. The molecule has 0 aliphatic heterocycles. The van der Waals surface area contributed by atoms with Crippen molar-refractivity contribution in [1.29, 1.82) is 0 Å². The van der Waals surface area contributed by atoms with Gasteiger partial charge in [0, 0.05) is 37.2 Å². The molecule has 2 aromatic carbocycles. The van der Waals surface area contributed by atoms with Crippen LogP contribution in [0, 0.1) is 5.21 Å². The molecule has 3 aromatic rings. The zero-order valence-electron chi connectivity index (χ0n) is 20.5. The van der Waals surface area contributed by atoms with Crippen LogP contribution >= 0.6 is 11.3 Å². The number of fused-ring (bicyclic) bond motifs is 1. The third kappa shape index (κ3) is 9.28. The van der Waals surface area contributed by atoms with Crippen LogP contribution in [0.25, 0.3) is 10.8 Å². The Balaban J connectivity index is 1.48. The van der Waals surface area contributed by atoms with E-state index in [4.69, 9.17) is 24.2 Å². The predicted molar refractivity (Wildman–Crippen MR) is 134 cm³/mol. The zero-order chi connectivity index (χ0) is 26.6. The minimum absolute atomic E-state index is 0.107. The molecule has 0 fully saturated rings. The second kappa shape index (κ2) is 14.5.